The van der Waals surface area contributed by atoms with Crippen LogP contribution < -0.4 is 5.73 Å². The van der Waals surface area contributed by atoms with Crippen molar-refractivity contribution in [3.8, 4) is 0 Å². The van der Waals surface area contributed by atoms with Gasteiger partial charge in [-0.05, 0) is 26.0 Å². The maximum absolute atomic E-state index is 9.69. The highest BCUT2D eigenvalue weighted by Gasteiger charge is 2.22. The molecule has 0 spiro atoms. The van der Waals surface area contributed by atoms with Crippen LogP contribution in [0.2, 0.25) is 0 Å². The van der Waals surface area contributed by atoms with E-state index < -0.39 is 5.60 Å². The van der Waals surface area contributed by atoms with E-state index in [1.165, 1.54) is 4.88 Å². The quantitative estimate of drug-likeness (QED) is 0.703. The van der Waals surface area contributed by atoms with E-state index in [9.17, 15) is 5.11 Å². The first-order valence-corrected chi connectivity index (χ1v) is 4.37. The molecule has 1 unspecified atom stereocenters. The van der Waals surface area contributed by atoms with Crippen LogP contribution in [0.25, 0.3) is 0 Å². The number of thiophene rings is 1. The Morgan fingerprint density at radius 2 is 2.27 bits per heavy atom. The van der Waals surface area contributed by atoms with Crippen molar-refractivity contribution in [2.45, 2.75) is 19.4 Å². The van der Waals surface area contributed by atoms with E-state index in [-0.39, 0.29) is 6.54 Å². The van der Waals surface area contributed by atoms with Crippen LogP contribution >= 0.6 is 11.3 Å². The van der Waals surface area contributed by atoms with Crippen LogP contribution in [0.5, 0.6) is 0 Å². The van der Waals surface area contributed by atoms with Crippen molar-refractivity contribution in [1.29, 1.82) is 0 Å². The van der Waals surface area contributed by atoms with Gasteiger partial charge in [-0.3, -0.25) is 0 Å². The summed E-state index contributed by atoms with van der Waals surface area (Å²) in [6, 6.07) is 3.91. The Morgan fingerprint density at radius 1 is 1.64 bits per heavy atom. The zero-order chi connectivity index (χ0) is 8.48. The number of hydrogen-bond donors (Lipinski definition) is 2. The van der Waals surface area contributed by atoms with Crippen molar-refractivity contribution >= 4 is 11.3 Å². The molecule has 0 bridgehead atoms. The van der Waals surface area contributed by atoms with E-state index in [0.717, 1.165) is 4.88 Å². The van der Waals surface area contributed by atoms with Crippen LogP contribution in [-0.4, -0.2) is 11.7 Å². The van der Waals surface area contributed by atoms with Gasteiger partial charge in [0, 0.05) is 16.3 Å². The largest absolute Gasteiger partial charge is 0.383 e. The molecule has 1 rings (SSSR count). The third kappa shape index (κ3) is 1.80. The van der Waals surface area contributed by atoms with E-state index in [2.05, 4.69) is 0 Å². The molecule has 0 saturated heterocycles. The topological polar surface area (TPSA) is 46.2 Å². The van der Waals surface area contributed by atoms with E-state index >= 15 is 0 Å². The molecule has 11 heavy (non-hydrogen) atoms. The van der Waals surface area contributed by atoms with Gasteiger partial charge in [-0.15, -0.1) is 11.3 Å². The van der Waals surface area contributed by atoms with Gasteiger partial charge in [0.25, 0.3) is 0 Å². The van der Waals surface area contributed by atoms with Gasteiger partial charge < -0.3 is 10.8 Å². The Balaban J connectivity index is 2.92. The summed E-state index contributed by atoms with van der Waals surface area (Å²) in [4.78, 5) is 2.14. The van der Waals surface area contributed by atoms with Crippen molar-refractivity contribution in [2.75, 3.05) is 6.54 Å². The maximum Gasteiger partial charge on any atom is 0.108 e. The number of hydrogen-bond acceptors (Lipinski definition) is 3. The zero-order valence-electron chi connectivity index (χ0n) is 6.79. The minimum atomic E-state index is -0.848. The predicted octanol–water partition coefficient (Wildman–Crippen LogP) is 1.22. The molecule has 1 aromatic rings. The lowest BCUT2D eigenvalue weighted by atomic mass is 10.1. The standard InChI is InChI=1S/C8H13NOS/c1-6-3-4-7(11-6)8(2,10)5-9/h3-4,10H,5,9H2,1-2H3. The van der Waals surface area contributed by atoms with E-state index in [4.69, 9.17) is 5.73 Å². The summed E-state index contributed by atoms with van der Waals surface area (Å²) in [7, 11) is 0. The van der Waals surface area contributed by atoms with Gasteiger partial charge in [0.15, 0.2) is 0 Å². The summed E-state index contributed by atoms with van der Waals surface area (Å²) in [6.07, 6.45) is 0. The van der Waals surface area contributed by atoms with Gasteiger partial charge >= 0.3 is 0 Å². The van der Waals surface area contributed by atoms with Crippen LogP contribution in [0.4, 0.5) is 0 Å². The van der Waals surface area contributed by atoms with E-state index in [0.29, 0.717) is 0 Å². The Labute approximate surface area is 70.7 Å². The Morgan fingerprint density at radius 3 is 2.64 bits per heavy atom. The summed E-state index contributed by atoms with van der Waals surface area (Å²) < 4.78 is 0. The van der Waals surface area contributed by atoms with Crippen LogP contribution in [0.15, 0.2) is 12.1 Å². The molecule has 0 aliphatic heterocycles. The molecule has 1 aromatic heterocycles. The summed E-state index contributed by atoms with van der Waals surface area (Å²) >= 11 is 1.59. The number of aryl methyl sites for hydroxylation is 1. The molecule has 0 aromatic carbocycles. The fourth-order valence-corrected chi connectivity index (χ4v) is 1.75. The predicted molar refractivity (Wildman–Crippen MR) is 47.7 cm³/mol. The first-order valence-electron chi connectivity index (χ1n) is 3.55. The molecule has 3 heteroatoms. The molecule has 2 nitrogen and oxygen atoms in total. The average molecular weight is 171 g/mol. The van der Waals surface area contributed by atoms with Gasteiger partial charge in [-0.2, -0.15) is 0 Å². The maximum atomic E-state index is 9.69. The summed E-state index contributed by atoms with van der Waals surface area (Å²) in [5, 5.41) is 9.69. The summed E-state index contributed by atoms with van der Waals surface area (Å²) in [5.41, 5.74) is 4.56. The van der Waals surface area contributed by atoms with Crippen molar-refractivity contribution in [3.63, 3.8) is 0 Å². The number of aliphatic hydroxyl groups is 1. The summed E-state index contributed by atoms with van der Waals surface area (Å²) in [5.74, 6) is 0. The first-order chi connectivity index (χ1) is 5.06. The fourth-order valence-electron chi connectivity index (χ4n) is 0.825. The monoisotopic (exact) mass is 171 g/mol. The molecule has 62 valence electrons. The second kappa shape index (κ2) is 2.93. The minimum Gasteiger partial charge on any atom is -0.383 e. The molecule has 0 amide bonds. The minimum absolute atomic E-state index is 0.271. The Kier molecular flexibility index (Phi) is 2.32. The lowest BCUT2D eigenvalue weighted by Gasteiger charge is -2.18. The molecule has 1 atom stereocenters. The zero-order valence-corrected chi connectivity index (χ0v) is 7.61. The fraction of sp³-hybridized carbons (Fsp3) is 0.500. The molecule has 0 aliphatic carbocycles. The van der Waals surface area contributed by atoms with Crippen molar-refractivity contribution in [1.82, 2.24) is 0 Å². The molecule has 0 radical (unpaired) electrons. The van der Waals surface area contributed by atoms with Gasteiger partial charge in [-0.25, -0.2) is 0 Å². The Bertz CT molecular complexity index is 242. The summed E-state index contributed by atoms with van der Waals surface area (Å²) in [6.45, 7) is 4.02. The van der Waals surface area contributed by atoms with Crippen LogP contribution in [0, 0.1) is 6.92 Å². The third-order valence-electron chi connectivity index (χ3n) is 1.67. The van der Waals surface area contributed by atoms with Gasteiger partial charge in [0.1, 0.15) is 5.60 Å². The lowest BCUT2D eigenvalue weighted by molar-refractivity contribution is 0.0707. The second-order valence-corrected chi connectivity index (χ2v) is 4.18. The highest BCUT2D eigenvalue weighted by molar-refractivity contribution is 7.12. The normalized spacial score (nSPS) is 16.4. The molecular formula is C8H13NOS. The molecule has 1 heterocycles. The Hall–Kier alpha value is -0.380. The smallest absolute Gasteiger partial charge is 0.108 e. The first kappa shape index (κ1) is 8.71. The number of nitrogens with two attached hydrogens (primary N) is 1. The van der Waals surface area contributed by atoms with E-state index in [1.54, 1.807) is 18.3 Å². The SMILES string of the molecule is Cc1ccc(C(C)(O)CN)s1. The van der Waals surface area contributed by atoms with E-state index in [1.807, 2.05) is 19.1 Å². The lowest BCUT2D eigenvalue weighted by Crippen LogP contribution is -2.30. The average Bonchev–Trinajstić information content (AvgIpc) is 2.36. The van der Waals surface area contributed by atoms with Crippen LogP contribution in [0.3, 0.4) is 0 Å². The van der Waals surface area contributed by atoms with Crippen molar-refractivity contribution in [3.05, 3.63) is 21.9 Å². The van der Waals surface area contributed by atoms with Crippen molar-refractivity contribution in [2.24, 2.45) is 5.73 Å². The molecular weight excluding hydrogens is 158 g/mol. The molecule has 0 fully saturated rings. The third-order valence-corrected chi connectivity index (χ3v) is 2.92. The van der Waals surface area contributed by atoms with Gasteiger partial charge in [0.05, 0.1) is 0 Å². The molecule has 0 saturated carbocycles. The van der Waals surface area contributed by atoms with Crippen molar-refractivity contribution < 1.29 is 5.11 Å². The molecule has 0 aliphatic rings. The van der Waals surface area contributed by atoms with Gasteiger partial charge in [-0.1, -0.05) is 0 Å². The second-order valence-electron chi connectivity index (χ2n) is 2.89. The van der Waals surface area contributed by atoms with Gasteiger partial charge in [0.2, 0.25) is 0 Å². The highest BCUT2D eigenvalue weighted by atomic mass is 32.1. The van der Waals surface area contributed by atoms with Crippen LogP contribution in [-0.2, 0) is 5.60 Å². The van der Waals surface area contributed by atoms with Crippen LogP contribution in [0.1, 0.15) is 16.7 Å². The highest BCUT2D eigenvalue weighted by Crippen LogP contribution is 2.26. The molecule has 3 N–H and O–H groups in total. The number of rotatable bonds is 2.